The van der Waals surface area contributed by atoms with Gasteiger partial charge in [-0.25, -0.2) is 9.38 Å². The summed E-state index contributed by atoms with van der Waals surface area (Å²) in [7, 11) is 1.42. The van der Waals surface area contributed by atoms with Crippen LogP contribution in [0.1, 0.15) is 11.7 Å². The zero-order valence-corrected chi connectivity index (χ0v) is 8.24. The Morgan fingerprint density at radius 1 is 1.60 bits per heavy atom. The predicted octanol–water partition coefficient (Wildman–Crippen LogP) is 1.22. The molecule has 0 amide bonds. The fourth-order valence-corrected chi connectivity index (χ4v) is 1.45. The molecule has 0 aromatic heterocycles. The van der Waals surface area contributed by atoms with Gasteiger partial charge in [0.1, 0.15) is 6.10 Å². The van der Waals surface area contributed by atoms with Crippen LogP contribution in [0, 0.1) is 5.82 Å². The molecule has 0 spiro atoms. The molecule has 1 atom stereocenters. The summed E-state index contributed by atoms with van der Waals surface area (Å²) in [6.07, 6.45) is -0.287. The lowest BCUT2D eigenvalue weighted by atomic mass is 10.1. The molecular formula is C10H11FN2O2. The molecule has 0 fully saturated rings. The van der Waals surface area contributed by atoms with Crippen LogP contribution in [0.2, 0.25) is 0 Å². The van der Waals surface area contributed by atoms with Crippen molar-refractivity contribution < 1.29 is 13.9 Å². The van der Waals surface area contributed by atoms with Gasteiger partial charge in [0.15, 0.2) is 11.6 Å². The molecule has 5 heteroatoms. The van der Waals surface area contributed by atoms with Crippen LogP contribution in [0.3, 0.4) is 0 Å². The highest BCUT2D eigenvalue weighted by Gasteiger charge is 2.20. The number of benzene rings is 1. The highest BCUT2D eigenvalue weighted by Crippen LogP contribution is 2.26. The van der Waals surface area contributed by atoms with E-state index in [9.17, 15) is 4.39 Å². The van der Waals surface area contributed by atoms with Crippen LogP contribution in [-0.2, 0) is 4.74 Å². The molecule has 15 heavy (non-hydrogen) atoms. The minimum Gasteiger partial charge on any atom is -0.494 e. The van der Waals surface area contributed by atoms with E-state index in [-0.39, 0.29) is 17.9 Å². The van der Waals surface area contributed by atoms with Gasteiger partial charge < -0.3 is 15.2 Å². The molecule has 2 N–H and O–H groups in total. The van der Waals surface area contributed by atoms with Gasteiger partial charge in [-0.3, -0.25) is 0 Å². The van der Waals surface area contributed by atoms with E-state index in [0.29, 0.717) is 12.1 Å². The molecule has 1 aliphatic heterocycles. The average molecular weight is 210 g/mol. The van der Waals surface area contributed by atoms with E-state index in [1.165, 1.54) is 13.2 Å². The third-order valence-electron chi connectivity index (χ3n) is 2.22. The summed E-state index contributed by atoms with van der Waals surface area (Å²) in [5, 5.41) is 0. The largest absolute Gasteiger partial charge is 0.494 e. The standard InChI is InChI=1S/C10H11FN2O2/c1-14-8-3-2-6(4-7(8)11)9-5-13-10(12)15-9/h2-4,9H,5H2,1H3,(H2,12,13). The molecule has 1 unspecified atom stereocenters. The van der Waals surface area contributed by atoms with Gasteiger partial charge in [-0.1, -0.05) is 6.07 Å². The number of rotatable bonds is 2. The first-order valence-corrected chi connectivity index (χ1v) is 4.50. The van der Waals surface area contributed by atoms with Crippen molar-refractivity contribution in [2.45, 2.75) is 6.10 Å². The highest BCUT2D eigenvalue weighted by atomic mass is 19.1. The number of hydrogen-bond acceptors (Lipinski definition) is 4. The van der Waals surface area contributed by atoms with Gasteiger partial charge in [0, 0.05) is 0 Å². The van der Waals surface area contributed by atoms with Crippen molar-refractivity contribution in [2.75, 3.05) is 13.7 Å². The van der Waals surface area contributed by atoms with Crippen molar-refractivity contribution in [3.63, 3.8) is 0 Å². The van der Waals surface area contributed by atoms with Crippen molar-refractivity contribution in [3.8, 4) is 5.75 Å². The van der Waals surface area contributed by atoms with Gasteiger partial charge in [-0.2, -0.15) is 0 Å². The van der Waals surface area contributed by atoms with Crippen LogP contribution in [0.15, 0.2) is 23.2 Å². The van der Waals surface area contributed by atoms with Gasteiger partial charge in [0.2, 0.25) is 0 Å². The summed E-state index contributed by atoms with van der Waals surface area (Å²) in [6, 6.07) is 4.82. The topological polar surface area (TPSA) is 56.8 Å². The number of hydrogen-bond donors (Lipinski definition) is 1. The Labute approximate surface area is 86.5 Å². The van der Waals surface area contributed by atoms with Gasteiger partial charge in [0.05, 0.1) is 13.7 Å². The SMILES string of the molecule is COc1ccc(C2CN=C(N)O2)cc1F. The third kappa shape index (κ3) is 1.86. The second kappa shape index (κ2) is 3.76. The van der Waals surface area contributed by atoms with Crippen molar-refractivity contribution in [1.29, 1.82) is 0 Å². The number of methoxy groups -OCH3 is 1. The second-order valence-electron chi connectivity index (χ2n) is 3.18. The van der Waals surface area contributed by atoms with Gasteiger partial charge >= 0.3 is 0 Å². The molecule has 0 radical (unpaired) electrons. The molecule has 0 aliphatic carbocycles. The van der Waals surface area contributed by atoms with Crippen LogP contribution in [0.25, 0.3) is 0 Å². The Hall–Kier alpha value is -1.78. The molecular weight excluding hydrogens is 199 g/mol. The van der Waals surface area contributed by atoms with Crippen LogP contribution in [-0.4, -0.2) is 19.7 Å². The maximum atomic E-state index is 13.4. The fourth-order valence-electron chi connectivity index (χ4n) is 1.45. The number of halogens is 1. The van der Waals surface area contributed by atoms with E-state index in [1.54, 1.807) is 12.1 Å². The molecule has 1 aromatic carbocycles. The summed E-state index contributed by atoms with van der Waals surface area (Å²) < 4.78 is 23.4. The minimum atomic E-state index is -0.413. The minimum absolute atomic E-state index is 0.149. The molecule has 1 aliphatic rings. The Morgan fingerprint density at radius 2 is 2.40 bits per heavy atom. The van der Waals surface area contributed by atoms with Gasteiger partial charge in [-0.15, -0.1) is 0 Å². The lowest BCUT2D eigenvalue weighted by molar-refractivity contribution is 0.225. The van der Waals surface area contributed by atoms with Gasteiger partial charge in [-0.05, 0) is 17.7 Å². The molecule has 1 aromatic rings. The number of amidine groups is 1. The Bertz CT molecular complexity index is 406. The molecule has 1 heterocycles. The van der Waals surface area contributed by atoms with Crippen LogP contribution < -0.4 is 10.5 Å². The smallest absolute Gasteiger partial charge is 0.282 e. The lowest BCUT2D eigenvalue weighted by Gasteiger charge is -2.11. The molecule has 0 saturated carbocycles. The van der Waals surface area contributed by atoms with E-state index >= 15 is 0 Å². The molecule has 0 saturated heterocycles. The quantitative estimate of drug-likeness (QED) is 0.798. The van der Waals surface area contributed by atoms with Crippen molar-refractivity contribution >= 4 is 6.02 Å². The monoisotopic (exact) mass is 210 g/mol. The third-order valence-corrected chi connectivity index (χ3v) is 2.22. The van der Waals surface area contributed by atoms with Crippen LogP contribution >= 0.6 is 0 Å². The Balaban J connectivity index is 2.20. The van der Waals surface area contributed by atoms with E-state index in [1.807, 2.05) is 0 Å². The molecule has 0 bridgehead atoms. The summed E-state index contributed by atoms with van der Waals surface area (Å²) in [6.45, 7) is 0.428. The summed E-state index contributed by atoms with van der Waals surface area (Å²) in [5.41, 5.74) is 6.07. The van der Waals surface area contributed by atoms with E-state index in [2.05, 4.69) is 4.99 Å². The fraction of sp³-hybridized carbons (Fsp3) is 0.300. The summed E-state index contributed by atoms with van der Waals surface area (Å²) >= 11 is 0. The van der Waals surface area contributed by atoms with Crippen molar-refractivity contribution in [1.82, 2.24) is 0 Å². The van der Waals surface area contributed by atoms with Crippen molar-refractivity contribution in [3.05, 3.63) is 29.6 Å². The normalized spacial score (nSPS) is 19.6. The van der Waals surface area contributed by atoms with E-state index in [0.717, 1.165) is 0 Å². The van der Waals surface area contributed by atoms with Crippen LogP contribution in [0.4, 0.5) is 4.39 Å². The first-order valence-electron chi connectivity index (χ1n) is 4.50. The zero-order valence-electron chi connectivity index (χ0n) is 8.24. The first-order chi connectivity index (χ1) is 7.20. The number of ether oxygens (including phenoxy) is 2. The molecule has 80 valence electrons. The number of aliphatic imine (C=N–C) groups is 1. The highest BCUT2D eigenvalue weighted by molar-refractivity contribution is 5.73. The maximum absolute atomic E-state index is 13.4. The van der Waals surface area contributed by atoms with Crippen molar-refractivity contribution in [2.24, 2.45) is 10.7 Å². The number of nitrogens with zero attached hydrogens (tertiary/aromatic N) is 1. The molecule has 4 nitrogen and oxygen atoms in total. The summed E-state index contributed by atoms with van der Waals surface area (Å²) in [4.78, 5) is 3.88. The maximum Gasteiger partial charge on any atom is 0.282 e. The summed E-state index contributed by atoms with van der Waals surface area (Å²) in [5.74, 6) is -0.199. The molecule has 2 rings (SSSR count). The van der Waals surface area contributed by atoms with E-state index < -0.39 is 5.82 Å². The first kappa shape index (κ1) is 9.76. The second-order valence-corrected chi connectivity index (χ2v) is 3.18. The zero-order chi connectivity index (χ0) is 10.8. The Morgan fingerprint density at radius 3 is 2.93 bits per heavy atom. The van der Waals surface area contributed by atoms with Gasteiger partial charge in [0.25, 0.3) is 6.02 Å². The number of nitrogens with two attached hydrogens (primary N) is 1. The lowest BCUT2D eigenvalue weighted by Crippen LogP contribution is -2.13. The van der Waals surface area contributed by atoms with E-state index in [4.69, 9.17) is 15.2 Å². The Kier molecular flexibility index (Phi) is 2.45. The average Bonchev–Trinajstić information content (AvgIpc) is 2.65. The predicted molar refractivity (Wildman–Crippen MR) is 53.3 cm³/mol. The van der Waals surface area contributed by atoms with Crippen LogP contribution in [0.5, 0.6) is 5.75 Å².